The van der Waals surface area contributed by atoms with Gasteiger partial charge in [-0.05, 0) is 42.8 Å². The fraction of sp³-hybridized carbons (Fsp3) is 0.143. The van der Waals surface area contributed by atoms with Crippen molar-refractivity contribution in [2.24, 2.45) is 0 Å². The Bertz CT molecular complexity index is 896. The quantitative estimate of drug-likeness (QED) is 0.635. The van der Waals surface area contributed by atoms with Gasteiger partial charge in [-0.1, -0.05) is 0 Å². The number of non-ortho nitro benzene ring substituents is 1. The van der Waals surface area contributed by atoms with Crippen LogP contribution in [0.25, 0.3) is 0 Å². The largest absolute Gasteiger partial charge is 0.573 e. The molecule has 0 amide bonds. The molecule has 0 saturated carbocycles. The number of hydrogen-bond donors (Lipinski definition) is 1. The van der Waals surface area contributed by atoms with Gasteiger partial charge in [0.05, 0.1) is 15.5 Å². The third-order valence-corrected chi connectivity index (χ3v) is 4.41. The van der Waals surface area contributed by atoms with E-state index in [-0.39, 0.29) is 16.3 Å². The van der Waals surface area contributed by atoms with Crippen LogP contribution in [0, 0.1) is 17.0 Å². The van der Waals surface area contributed by atoms with E-state index in [0.717, 1.165) is 30.3 Å². The first-order valence-corrected chi connectivity index (χ1v) is 8.10. The van der Waals surface area contributed by atoms with E-state index in [4.69, 9.17) is 0 Å². The third-order valence-electron chi connectivity index (χ3n) is 3.03. The van der Waals surface area contributed by atoms with Gasteiger partial charge in [0.1, 0.15) is 5.75 Å². The van der Waals surface area contributed by atoms with Crippen molar-refractivity contribution in [1.29, 1.82) is 0 Å². The van der Waals surface area contributed by atoms with Gasteiger partial charge in [0.15, 0.2) is 0 Å². The van der Waals surface area contributed by atoms with Crippen LogP contribution in [-0.4, -0.2) is 19.7 Å². The Morgan fingerprint density at radius 1 is 1.12 bits per heavy atom. The van der Waals surface area contributed by atoms with E-state index in [1.54, 1.807) is 0 Å². The predicted octanol–water partition coefficient (Wildman–Crippen LogP) is 3.60. The minimum absolute atomic E-state index is 0.112. The molecule has 0 saturated heterocycles. The van der Waals surface area contributed by atoms with Crippen molar-refractivity contribution in [2.45, 2.75) is 18.2 Å². The lowest BCUT2D eigenvalue weighted by Gasteiger charge is -2.12. The van der Waals surface area contributed by atoms with E-state index in [0.29, 0.717) is 5.56 Å². The Hall–Kier alpha value is -2.82. The molecule has 1 N–H and O–H groups in total. The van der Waals surface area contributed by atoms with Gasteiger partial charge in [-0.3, -0.25) is 14.8 Å². The maximum Gasteiger partial charge on any atom is 0.573 e. The Morgan fingerprint density at radius 2 is 1.72 bits per heavy atom. The van der Waals surface area contributed by atoms with E-state index in [1.165, 1.54) is 19.1 Å². The molecule has 0 atom stereocenters. The van der Waals surface area contributed by atoms with E-state index in [2.05, 4.69) is 9.46 Å². The maximum atomic E-state index is 12.3. The molecule has 2 rings (SSSR count). The van der Waals surface area contributed by atoms with Crippen LogP contribution in [0.3, 0.4) is 0 Å². The Labute approximate surface area is 140 Å². The minimum atomic E-state index is -4.88. The normalized spacial score (nSPS) is 11.8. The van der Waals surface area contributed by atoms with Crippen LogP contribution in [0.4, 0.5) is 24.5 Å². The number of sulfonamides is 1. The van der Waals surface area contributed by atoms with Gasteiger partial charge in [0, 0.05) is 12.1 Å². The summed E-state index contributed by atoms with van der Waals surface area (Å²) in [7, 11) is -4.09. The lowest BCUT2D eigenvalue weighted by Crippen LogP contribution is -2.17. The predicted molar refractivity (Wildman–Crippen MR) is 81.8 cm³/mol. The number of halogens is 3. The SMILES string of the molecule is Cc1cc([N+](=O)[O-])ccc1NS(=O)(=O)c1ccc(OC(F)(F)F)cc1. The van der Waals surface area contributed by atoms with Crippen molar-refractivity contribution >= 4 is 21.4 Å². The van der Waals surface area contributed by atoms with Gasteiger partial charge in [0.25, 0.3) is 15.7 Å². The summed E-state index contributed by atoms with van der Waals surface area (Å²) in [5.41, 5.74) is 0.227. The zero-order valence-corrected chi connectivity index (χ0v) is 13.4. The molecule has 0 aliphatic rings. The number of anilines is 1. The summed E-state index contributed by atoms with van der Waals surface area (Å²) >= 11 is 0. The second-order valence-corrected chi connectivity index (χ2v) is 6.56. The summed E-state index contributed by atoms with van der Waals surface area (Å²) in [6.45, 7) is 1.48. The van der Waals surface area contributed by atoms with Crippen molar-refractivity contribution in [3.05, 3.63) is 58.1 Å². The van der Waals surface area contributed by atoms with Crippen molar-refractivity contribution in [1.82, 2.24) is 0 Å². The molecular formula is C14H11F3N2O5S. The van der Waals surface area contributed by atoms with Crippen LogP contribution in [0.2, 0.25) is 0 Å². The summed E-state index contributed by atoms with van der Waals surface area (Å²) in [6, 6.07) is 7.18. The maximum absolute atomic E-state index is 12.3. The lowest BCUT2D eigenvalue weighted by atomic mass is 10.2. The molecule has 11 heteroatoms. The molecule has 0 spiro atoms. The number of benzene rings is 2. The average molecular weight is 376 g/mol. The molecule has 0 aliphatic heterocycles. The highest BCUT2D eigenvalue weighted by Crippen LogP contribution is 2.26. The fourth-order valence-corrected chi connectivity index (χ4v) is 3.03. The van der Waals surface area contributed by atoms with Crippen LogP contribution in [0.15, 0.2) is 47.4 Å². The second-order valence-electron chi connectivity index (χ2n) is 4.88. The van der Waals surface area contributed by atoms with Crippen molar-refractivity contribution < 1.29 is 31.2 Å². The first-order valence-electron chi connectivity index (χ1n) is 6.61. The first kappa shape index (κ1) is 18.5. The molecule has 25 heavy (non-hydrogen) atoms. The summed E-state index contributed by atoms with van der Waals surface area (Å²) in [6.07, 6.45) is -4.88. The van der Waals surface area contributed by atoms with Crippen LogP contribution in [-0.2, 0) is 10.0 Å². The molecule has 0 aliphatic carbocycles. The topological polar surface area (TPSA) is 98.5 Å². The van der Waals surface area contributed by atoms with Gasteiger partial charge in [-0.15, -0.1) is 13.2 Å². The van der Waals surface area contributed by atoms with E-state index >= 15 is 0 Å². The van der Waals surface area contributed by atoms with Gasteiger partial charge < -0.3 is 4.74 Å². The van der Waals surface area contributed by atoms with E-state index in [9.17, 15) is 31.7 Å². The van der Waals surface area contributed by atoms with Crippen LogP contribution in [0.1, 0.15) is 5.56 Å². The molecule has 2 aromatic carbocycles. The summed E-state index contributed by atoms with van der Waals surface area (Å²) in [4.78, 5) is 9.76. The number of alkyl halides is 3. The molecule has 0 radical (unpaired) electrons. The molecule has 0 aromatic heterocycles. The molecule has 134 valence electrons. The highest BCUT2D eigenvalue weighted by molar-refractivity contribution is 7.92. The van der Waals surface area contributed by atoms with E-state index in [1.807, 2.05) is 0 Å². The number of nitro groups is 1. The van der Waals surface area contributed by atoms with Gasteiger partial charge >= 0.3 is 6.36 Å². The Balaban J connectivity index is 2.23. The number of nitrogens with zero attached hydrogens (tertiary/aromatic N) is 1. The van der Waals surface area contributed by atoms with Gasteiger partial charge in [0.2, 0.25) is 0 Å². The summed E-state index contributed by atoms with van der Waals surface area (Å²) in [5, 5.41) is 10.7. The third kappa shape index (κ3) is 4.83. The number of rotatable bonds is 5. The smallest absolute Gasteiger partial charge is 0.406 e. The number of ether oxygens (including phenoxy) is 1. The Morgan fingerprint density at radius 3 is 2.20 bits per heavy atom. The van der Waals surface area contributed by atoms with Crippen molar-refractivity contribution in [3.8, 4) is 5.75 Å². The van der Waals surface area contributed by atoms with Crippen LogP contribution >= 0.6 is 0 Å². The fourth-order valence-electron chi connectivity index (χ4n) is 1.90. The van der Waals surface area contributed by atoms with Gasteiger partial charge in [-0.25, -0.2) is 8.42 Å². The number of aryl methyl sites for hydroxylation is 1. The lowest BCUT2D eigenvalue weighted by molar-refractivity contribution is -0.384. The minimum Gasteiger partial charge on any atom is -0.406 e. The zero-order chi connectivity index (χ0) is 18.8. The van der Waals surface area contributed by atoms with Gasteiger partial charge in [-0.2, -0.15) is 0 Å². The first-order chi connectivity index (χ1) is 11.5. The monoisotopic (exact) mass is 376 g/mol. The van der Waals surface area contributed by atoms with Crippen molar-refractivity contribution in [2.75, 3.05) is 4.72 Å². The highest BCUT2D eigenvalue weighted by atomic mass is 32.2. The molecule has 0 unspecified atom stereocenters. The summed E-state index contributed by atoms with van der Waals surface area (Å²) in [5.74, 6) is -0.557. The molecule has 0 heterocycles. The summed E-state index contributed by atoms with van der Waals surface area (Å²) < 4.78 is 66.7. The highest BCUT2D eigenvalue weighted by Gasteiger charge is 2.31. The molecule has 0 fully saturated rings. The standard InChI is InChI=1S/C14H11F3N2O5S/c1-9-8-10(19(20)21)2-7-13(9)18-25(22,23)12-5-3-11(4-6-12)24-14(15,16)17/h2-8,18H,1H3. The Kier molecular flexibility index (Phi) is 4.88. The van der Waals surface area contributed by atoms with Crippen molar-refractivity contribution in [3.63, 3.8) is 0 Å². The number of nitrogens with one attached hydrogen (secondary N) is 1. The average Bonchev–Trinajstić information content (AvgIpc) is 2.48. The number of nitro benzene ring substituents is 1. The zero-order valence-electron chi connectivity index (χ0n) is 12.6. The molecule has 0 bridgehead atoms. The van der Waals surface area contributed by atoms with E-state index < -0.39 is 27.1 Å². The van der Waals surface area contributed by atoms with Crippen LogP contribution in [0.5, 0.6) is 5.75 Å². The molecule has 7 nitrogen and oxygen atoms in total. The second kappa shape index (κ2) is 6.59. The molecule has 2 aromatic rings. The molecular weight excluding hydrogens is 365 g/mol. The number of hydrogen-bond acceptors (Lipinski definition) is 5. The van der Waals surface area contributed by atoms with Crippen LogP contribution < -0.4 is 9.46 Å².